The Balaban J connectivity index is 1.27. The minimum atomic E-state index is -0.0909. The number of rotatable bonds is 6. The van der Waals surface area contributed by atoms with Gasteiger partial charge < -0.3 is 9.88 Å². The summed E-state index contributed by atoms with van der Waals surface area (Å²) in [5.74, 6) is 0.871. The molecule has 0 amide bonds. The number of benzene rings is 5. The molecule has 1 aromatic heterocycles. The van der Waals surface area contributed by atoms with Gasteiger partial charge in [-0.25, -0.2) is 0 Å². The molecule has 0 aliphatic carbocycles. The second-order valence-corrected chi connectivity index (χ2v) is 10.5. The topological polar surface area (TPSA) is 29.3 Å². The lowest BCUT2D eigenvalue weighted by Crippen LogP contribution is -2.22. The van der Waals surface area contributed by atoms with Crippen molar-refractivity contribution in [1.29, 1.82) is 0 Å². The van der Waals surface area contributed by atoms with Crippen LogP contribution in [0.4, 0.5) is 5.69 Å². The van der Waals surface area contributed by atoms with Crippen LogP contribution in [0.1, 0.15) is 40.9 Å². The monoisotopic (exact) mass is 541 g/mol. The zero-order valence-corrected chi connectivity index (χ0v) is 23.5. The van der Waals surface area contributed by atoms with Crippen molar-refractivity contribution in [2.24, 2.45) is 4.99 Å². The highest BCUT2D eigenvalue weighted by atomic mass is 15.0. The highest BCUT2D eigenvalue weighted by Crippen LogP contribution is 2.37. The Morgan fingerprint density at radius 3 is 2.14 bits per heavy atom. The summed E-state index contributed by atoms with van der Waals surface area (Å²) in [6.45, 7) is 6.16. The predicted octanol–water partition coefficient (Wildman–Crippen LogP) is 9.94. The van der Waals surface area contributed by atoms with E-state index in [1.807, 2.05) is 19.1 Å². The summed E-state index contributed by atoms with van der Waals surface area (Å²) in [4.78, 5) is 5.26. The molecule has 5 aromatic carbocycles. The van der Waals surface area contributed by atoms with Crippen molar-refractivity contribution in [3.63, 3.8) is 0 Å². The molecule has 1 aliphatic rings. The number of allylic oxidation sites excluding steroid dienone is 1. The van der Waals surface area contributed by atoms with Crippen molar-refractivity contribution in [2.45, 2.75) is 13.0 Å². The van der Waals surface area contributed by atoms with E-state index in [2.05, 4.69) is 150 Å². The Kier molecular flexibility index (Phi) is 6.61. The molecular weight excluding hydrogens is 510 g/mol. The number of anilines is 1. The van der Waals surface area contributed by atoms with Crippen LogP contribution in [0, 0.1) is 0 Å². The fourth-order valence-electron chi connectivity index (χ4n) is 5.96. The third-order valence-corrected chi connectivity index (χ3v) is 7.98. The van der Waals surface area contributed by atoms with Gasteiger partial charge in [0.2, 0.25) is 0 Å². The number of fused-ring (bicyclic) bond motifs is 2. The molecule has 0 saturated carbocycles. The van der Waals surface area contributed by atoms with Crippen LogP contribution in [-0.4, -0.2) is 10.4 Å². The second-order valence-electron chi connectivity index (χ2n) is 10.5. The fraction of sp³-hybridized carbons (Fsp3) is 0.0513. The van der Waals surface area contributed by atoms with Gasteiger partial charge in [-0.15, -0.1) is 0 Å². The highest BCUT2D eigenvalue weighted by Gasteiger charge is 2.24. The molecular formula is C39H31N3. The lowest BCUT2D eigenvalue weighted by molar-refractivity contribution is 0.864. The molecule has 6 aromatic rings. The molecule has 1 atom stereocenters. The molecule has 3 nitrogen and oxygen atoms in total. The molecule has 7 rings (SSSR count). The number of nitrogens with one attached hydrogen (secondary N) is 1. The van der Waals surface area contributed by atoms with Crippen molar-refractivity contribution in [3.05, 3.63) is 168 Å². The number of amidine groups is 1. The van der Waals surface area contributed by atoms with Gasteiger partial charge in [0.05, 0.1) is 11.2 Å². The number of aliphatic imine (C=N–C) groups is 1. The largest absolute Gasteiger partial charge is 0.340 e. The van der Waals surface area contributed by atoms with Crippen LogP contribution in [-0.2, 0) is 0 Å². The standard InChI is InChI=1S/C39H31N3/c1-3-12-36-32(4-2)33-15-9-11-18-37(33)42(36)31-25-23-30(24-26-31)39-40-35-17-10-8-16-34(35)38(41-39)29-21-19-28(20-22-29)27-13-6-5-7-14-27/h3-26,38H,2H2,1H3,(H,40,41)/b12-3-. The van der Waals surface area contributed by atoms with E-state index in [4.69, 9.17) is 4.99 Å². The molecule has 202 valence electrons. The maximum Gasteiger partial charge on any atom is 0.133 e. The van der Waals surface area contributed by atoms with Crippen LogP contribution in [0.3, 0.4) is 0 Å². The lowest BCUT2D eigenvalue weighted by Gasteiger charge is -2.26. The first-order valence-electron chi connectivity index (χ1n) is 14.3. The molecule has 0 radical (unpaired) electrons. The van der Waals surface area contributed by atoms with Crippen molar-refractivity contribution in [1.82, 2.24) is 4.57 Å². The zero-order chi connectivity index (χ0) is 28.5. The summed E-state index contributed by atoms with van der Waals surface area (Å²) < 4.78 is 2.30. The number of aromatic nitrogens is 1. The van der Waals surface area contributed by atoms with Gasteiger partial charge in [0.25, 0.3) is 0 Å². The molecule has 2 heterocycles. The van der Waals surface area contributed by atoms with Gasteiger partial charge in [-0.2, -0.15) is 0 Å². The summed E-state index contributed by atoms with van der Waals surface area (Å²) >= 11 is 0. The number of para-hydroxylation sites is 2. The molecule has 0 fully saturated rings. The van der Waals surface area contributed by atoms with Gasteiger partial charge in [0, 0.05) is 33.5 Å². The maximum atomic E-state index is 5.26. The molecule has 1 aliphatic heterocycles. The molecule has 1 unspecified atom stereocenters. The van der Waals surface area contributed by atoms with Crippen LogP contribution in [0.25, 0.3) is 39.9 Å². The molecule has 0 bridgehead atoms. The minimum Gasteiger partial charge on any atom is -0.340 e. The van der Waals surface area contributed by atoms with E-state index in [1.165, 1.54) is 27.6 Å². The Morgan fingerprint density at radius 1 is 0.714 bits per heavy atom. The van der Waals surface area contributed by atoms with E-state index < -0.39 is 0 Å². The molecule has 42 heavy (non-hydrogen) atoms. The molecule has 3 heteroatoms. The Labute approximate surface area is 246 Å². The number of hydrogen-bond donors (Lipinski definition) is 1. The summed E-state index contributed by atoms with van der Waals surface area (Å²) in [6.07, 6.45) is 6.19. The minimum absolute atomic E-state index is 0.0909. The van der Waals surface area contributed by atoms with Crippen molar-refractivity contribution in [2.75, 3.05) is 5.32 Å². The van der Waals surface area contributed by atoms with Crippen LogP contribution in [0.15, 0.2) is 145 Å². The lowest BCUT2D eigenvalue weighted by atomic mass is 9.94. The van der Waals surface area contributed by atoms with Gasteiger partial charge >= 0.3 is 0 Å². The van der Waals surface area contributed by atoms with Gasteiger partial charge in [-0.05, 0) is 66.1 Å². The maximum absolute atomic E-state index is 5.26. The quantitative estimate of drug-likeness (QED) is 0.223. The Bertz CT molecular complexity index is 1960. The zero-order valence-electron chi connectivity index (χ0n) is 23.5. The third kappa shape index (κ3) is 4.46. The van der Waals surface area contributed by atoms with E-state index in [0.29, 0.717) is 0 Å². The third-order valence-electron chi connectivity index (χ3n) is 7.98. The summed E-state index contributed by atoms with van der Waals surface area (Å²) in [7, 11) is 0. The van der Waals surface area contributed by atoms with E-state index in [-0.39, 0.29) is 6.04 Å². The van der Waals surface area contributed by atoms with Gasteiger partial charge in [-0.3, -0.25) is 4.99 Å². The molecule has 0 spiro atoms. The van der Waals surface area contributed by atoms with Crippen LogP contribution in [0.2, 0.25) is 0 Å². The van der Waals surface area contributed by atoms with E-state index in [9.17, 15) is 0 Å². The van der Waals surface area contributed by atoms with Crippen molar-refractivity contribution < 1.29 is 0 Å². The Hall–Kier alpha value is -5.41. The molecule has 1 N–H and O–H groups in total. The number of hydrogen-bond acceptors (Lipinski definition) is 2. The van der Waals surface area contributed by atoms with Crippen molar-refractivity contribution in [3.8, 4) is 16.8 Å². The van der Waals surface area contributed by atoms with E-state index >= 15 is 0 Å². The number of nitrogens with zero attached hydrogens (tertiary/aromatic N) is 2. The average molecular weight is 542 g/mol. The fourth-order valence-corrected chi connectivity index (χ4v) is 5.96. The second kappa shape index (κ2) is 10.9. The summed E-state index contributed by atoms with van der Waals surface area (Å²) in [5.41, 5.74) is 11.4. The first-order chi connectivity index (χ1) is 20.7. The van der Waals surface area contributed by atoms with Crippen molar-refractivity contribution >= 4 is 34.6 Å². The predicted molar refractivity (Wildman–Crippen MR) is 178 cm³/mol. The SMILES string of the molecule is C=Cc1c(/C=C\C)n(-c2ccc(C3=NC(c4ccc(-c5ccccc5)cc4)c4ccccc4N3)cc2)c2ccccc12. The average Bonchev–Trinajstić information content (AvgIpc) is 3.38. The van der Waals surface area contributed by atoms with E-state index in [0.717, 1.165) is 39.5 Å². The summed E-state index contributed by atoms with van der Waals surface area (Å²) in [5, 5.41) is 4.80. The first-order valence-corrected chi connectivity index (χ1v) is 14.3. The normalized spacial score (nSPS) is 14.4. The van der Waals surface area contributed by atoms with Crippen LogP contribution < -0.4 is 5.32 Å². The van der Waals surface area contributed by atoms with E-state index in [1.54, 1.807) is 0 Å². The van der Waals surface area contributed by atoms with Crippen LogP contribution >= 0.6 is 0 Å². The van der Waals surface area contributed by atoms with Gasteiger partial charge in [0.1, 0.15) is 11.9 Å². The van der Waals surface area contributed by atoms with Crippen LogP contribution in [0.5, 0.6) is 0 Å². The smallest absolute Gasteiger partial charge is 0.133 e. The molecule has 0 saturated heterocycles. The first kappa shape index (κ1) is 25.6. The van der Waals surface area contributed by atoms with Gasteiger partial charge in [0.15, 0.2) is 0 Å². The summed E-state index contributed by atoms with van der Waals surface area (Å²) in [6, 6.07) is 44.8. The Morgan fingerprint density at radius 2 is 1.38 bits per heavy atom. The van der Waals surface area contributed by atoms with Gasteiger partial charge in [-0.1, -0.05) is 110 Å². The highest BCUT2D eigenvalue weighted by molar-refractivity contribution is 6.10.